The molecule has 32 heavy (non-hydrogen) atoms. The second-order valence-corrected chi connectivity index (χ2v) is 8.59. The highest BCUT2D eigenvalue weighted by molar-refractivity contribution is 8.00. The number of aromatic nitrogens is 2. The first-order valence-electron chi connectivity index (χ1n) is 10.0. The summed E-state index contributed by atoms with van der Waals surface area (Å²) >= 11 is 1.52. The van der Waals surface area contributed by atoms with Crippen molar-refractivity contribution >= 4 is 29.4 Å². The van der Waals surface area contributed by atoms with Gasteiger partial charge in [-0.2, -0.15) is 5.10 Å². The normalized spacial score (nSPS) is 15.5. The third kappa shape index (κ3) is 4.29. The summed E-state index contributed by atoms with van der Waals surface area (Å²) in [6.07, 6.45) is 0. The molecule has 3 aromatic rings. The molecule has 4 rings (SSSR count). The Hall–Kier alpha value is -3.46. The van der Waals surface area contributed by atoms with Crippen molar-refractivity contribution < 1.29 is 19.1 Å². The second kappa shape index (κ2) is 8.96. The Morgan fingerprint density at radius 3 is 2.66 bits per heavy atom. The van der Waals surface area contributed by atoms with Crippen LogP contribution in [-0.2, 0) is 9.59 Å². The van der Waals surface area contributed by atoms with Gasteiger partial charge < -0.3 is 20.5 Å². The molecule has 3 N–H and O–H groups in total. The minimum atomic E-state index is -0.566. The summed E-state index contributed by atoms with van der Waals surface area (Å²) in [5, 5.41) is 7.61. The molecule has 0 aliphatic carbocycles. The zero-order chi connectivity index (χ0) is 22.8. The first kappa shape index (κ1) is 21.8. The zero-order valence-electron chi connectivity index (χ0n) is 18.0. The zero-order valence-corrected chi connectivity index (χ0v) is 18.9. The Kier molecular flexibility index (Phi) is 6.09. The standard InChI is InChI=1S/C23H24N4O4S/c1-13-4-7-16(8-5-13)27-23-21(14(2)26-27)22(32-12-20(29)25-23)15-6-9-17(18(10-15)30-3)31-11-19(24)28/h4-10,22H,11-12H2,1-3H3,(H2,24,28)(H,25,29)/t22-/m0/s1. The number of benzene rings is 2. The van der Waals surface area contributed by atoms with E-state index in [1.807, 2.05) is 50.2 Å². The molecule has 1 atom stereocenters. The van der Waals surface area contributed by atoms with E-state index in [9.17, 15) is 9.59 Å². The quantitative estimate of drug-likeness (QED) is 0.595. The summed E-state index contributed by atoms with van der Waals surface area (Å²) in [4.78, 5) is 23.6. The van der Waals surface area contributed by atoms with Crippen LogP contribution in [0.25, 0.3) is 5.69 Å². The number of hydrogen-bond acceptors (Lipinski definition) is 6. The molecule has 2 aromatic carbocycles. The molecule has 9 heteroatoms. The molecule has 1 aliphatic heterocycles. The number of primary amides is 1. The number of aryl methyl sites for hydroxylation is 2. The van der Waals surface area contributed by atoms with Crippen LogP contribution in [0, 0.1) is 13.8 Å². The first-order valence-corrected chi connectivity index (χ1v) is 11.1. The third-order valence-corrected chi connectivity index (χ3v) is 6.42. The number of thioether (sulfide) groups is 1. The summed E-state index contributed by atoms with van der Waals surface area (Å²) in [6.45, 7) is 3.73. The highest BCUT2D eigenvalue weighted by atomic mass is 32.2. The number of methoxy groups -OCH3 is 1. The van der Waals surface area contributed by atoms with Crippen LogP contribution in [0.15, 0.2) is 42.5 Å². The topological polar surface area (TPSA) is 108 Å². The van der Waals surface area contributed by atoms with E-state index in [4.69, 9.17) is 20.3 Å². The number of nitrogens with two attached hydrogens (primary N) is 1. The molecule has 8 nitrogen and oxygen atoms in total. The van der Waals surface area contributed by atoms with Gasteiger partial charge >= 0.3 is 0 Å². The van der Waals surface area contributed by atoms with Crippen molar-refractivity contribution in [3.63, 3.8) is 0 Å². The predicted molar refractivity (Wildman–Crippen MR) is 124 cm³/mol. The number of nitrogens with zero attached hydrogens (tertiary/aromatic N) is 2. The molecule has 0 saturated carbocycles. The SMILES string of the molecule is COc1cc([C@@H]2SCC(=O)Nc3c2c(C)nn3-c2ccc(C)cc2)ccc1OCC(N)=O. The maximum absolute atomic E-state index is 12.5. The van der Waals surface area contributed by atoms with Crippen LogP contribution in [-0.4, -0.2) is 41.1 Å². The van der Waals surface area contributed by atoms with Gasteiger partial charge in [-0.3, -0.25) is 9.59 Å². The molecule has 0 bridgehead atoms. The fourth-order valence-electron chi connectivity index (χ4n) is 3.64. The lowest BCUT2D eigenvalue weighted by Gasteiger charge is -2.18. The monoisotopic (exact) mass is 452 g/mol. The fourth-order valence-corrected chi connectivity index (χ4v) is 4.81. The Bertz CT molecular complexity index is 1170. The van der Waals surface area contributed by atoms with Crippen molar-refractivity contribution in [1.82, 2.24) is 9.78 Å². The predicted octanol–water partition coefficient (Wildman–Crippen LogP) is 3.14. The smallest absolute Gasteiger partial charge is 0.255 e. The summed E-state index contributed by atoms with van der Waals surface area (Å²) in [5.41, 5.74) is 9.90. The Labute approximate surface area is 190 Å². The number of carbonyl (C=O) groups is 2. The number of anilines is 1. The first-order chi connectivity index (χ1) is 15.4. The van der Waals surface area contributed by atoms with Gasteiger partial charge in [0.25, 0.3) is 5.91 Å². The fraction of sp³-hybridized carbons (Fsp3) is 0.261. The molecule has 0 saturated heterocycles. The van der Waals surface area contributed by atoms with Gasteiger partial charge in [-0.25, -0.2) is 4.68 Å². The number of ether oxygens (including phenoxy) is 2. The molecule has 1 aliphatic rings. The average molecular weight is 453 g/mol. The number of rotatable bonds is 6. The number of nitrogens with one attached hydrogen (secondary N) is 1. The van der Waals surface area contributed by atoms with Crippen LogP contribution >= 0.6 is 11.8 Å². The molecule has 1 aromatic heterocycles. The van der Waals surface area contributed by atoms with Gasteiger partial charge in [-0.15, -0.1) is 11.8 Å². The van der Waals surface area contributed by atoms with E-state index in [0.29, 0.717) is 23.1 Å². The van der Waals surface area contributed by atoms with E-state index in [-0.39, 0.29) is 17.8 Å². The van der Waals surface area contributed by atoms with Gasteiger partial charge in [-0.05, 0) is 43.7 Å². The maximum atomic E-state index is 12.5. The molecule has 2 amide bonds. The van der Waals surface area contributed by atoms with Crippen molar-refractivity contribution in [2.75, 3.05) is 24.8 Å². The molecular weight excluding hydrogens is 428 g/mol. The van der Waals surface area contributed by atoms with Crippen molar-refractivity contribution in [3.05, 3.63) is 64.8 Å². The highest BCUT2D eigenvalue weighted by Crippen LogP contribution is 2.45. The van der Waals surface area contributed by atoms with E-state index in [1.54, 1.807) is 10.7 Å². The van der Waals surface area contributed by atoms with Gasteiger partial charge in [0.2, 0.25) is 5.91 Å². The van der Waals surface area contributed by atoms with Crippen LogP contribution in [0.5, 0.6) is 11.5 Å². The highest BCUT2D eigenvalue weighted by Gasteiger charge is 2.31. The Morgan fingerprint density at radius 2 is 1.97 bits per heavy atom. The van der Waals surface area contributed by atoms with E-state index >= 15 is 0 Å². The van der Waals surface area contributed by atoms with Gasteiger partial charge in [-0.1, -0.05) is 23.8 Å². The number of carbonyl (C=O) groups excluding carboxylic acids is 2. The maximum Gasteiger partial charge on any atom is 0.255 e. The van der Waals surface area contributed by atoms with E-state index in [2.05, 4.69) is 5.32 Å². The molecule has 0 fully saturated rings. The second-order valence-electron chi connectivity index (χ2n) is 7.50. The lowest BCUT2D eigenvalue weighted by atomic mass is 10.0. The molecule has 166 valence electrons. The number of fused-ring (bicyclic) bond motifs is 1. The van der Waals surface area contributed by atoms with Crippen LogP contribution in [0.2, 0.25) is 0 Å². The third-order valence-electron chi connectivity index (χ3n) is 5.15. The Morgan fingerprint density at radius 1 is 1.22 bits per heavy atom. The molecule has 0 radical (unpaired) electrons. The van der Waals surface area contributed by atoms with Crippen LogP contribution in [0.1, 0.15) is 27.6 Å². The van der Waals surface area contributed by atoms with Crippen molar-refractivity contribution in [3.8, 4) is 17.2 Å². The molecular formula is C23H24N4O4S. The number of hydrogen-bond donors (Lipinski definition) is 2. The summed E-state index contributed by atoms with van der Waals surface area (Å²) < 4.78 is 12.7. The molecule has 2 heterocycles. The van der Waals surface area contributed by atoms with Gasteiger partial charge in [0, 0.05) is 5.56 Å². The van der Waals surface area contributed by atoms with Crippen LogP contribution < -0.4 is 20.5 Å². The van der Waals surface area contributed by atoms with Crippen molar-refractivity contribution in [2.45, 2.75) is 19.1 Å². The van der Waals surface area contributed by atoms with Crippen molar-refractivity contribution in [2.24, 2.45) is 5.73 Å². The minimum Gasteiger partial charge on any atom is -0.493 e. The van der Waals surface area contributed by atoms with E-state index < -0.39 is 5.91 Å². The summed E-state index contributed by atoms with van der Waals surface area (Å²) in [5.74, 6) is 1.23. The Balaban J connectivity index is 1.78. The van der Waals surface area contributed by atoms with Gasteiger partial charge in [0.15, 0.2) is 18.1 Å². The minimum absolute atomic E-state index is 0.0830. The summed E-state index contributed by atoms with van der Waals surface area (Å²) in [6, 6.07) is 13.5. The van der Waals surface area contributed by atoms with E-state index in [0.717, 1.165) is 28.1 Å². The lowest BCUT2D eigenvalue weighted by Crippen LogP contribution is -2.20. The average Bonchev–Trinajstić information content (AvgIpc) is 2.97. The lowest BCUT2D eigenvalue weighted by molar-refractivity contribution is -0.120. The molecule has 0 unspecified atom stereocenters. The van der Waals surface area contributed by atoms with Crippen LogP contribution in [0.3, 0.4) is 0 Å². The largest absolute Gasteiger partial charge is 0.493 e. The molecule has 0 spiro atoms. The number of amides is 2. The van der Waals surface area contributed by atoms with Crippen molar-refractivity contribution in [1.29, 1.82) is 0 Å². The summed E-state index contributed by atoms with van der Waals surface area (Å²) in [7, 11) is 1.54. The van der Waals surface area contributed by atoms with Gasteiger partial charge in [0.05, 0.1) is 29.5 Å². The van der Waals surface area contributed by atoms with Gasteiger partial charge in [0.1, 0.15) is 5.82 Å². The van der Waals surface area contributed by atoms with Crippen LogP contribution in [0.4, 0.5) is 5.82 Å². The van der Waals surface area contributed by atoms with E-state index in [1.165, 1.54) is 18.9 Å².